The van der Waals surface area contributed by atoms with Crippen LogP contribution in [0.15, 0.2) is 30.3 Å². The van der Waals surface area contributed by atoms with Gasteiger partial charge in [0.2, 0.25) is 0 Å². The van der Waals surface area contributed by atoms with E-state index in [4.69, 9.17) is 4.74 Å². The van der Waals surface area contributed by atoms with Gasteiger partial charge in [0.15, 0.2) is 0 Å². The van der Waals surface area contributed by atoms with Crippen molar-refractivity contribution in [2.45, 2.75) is 51.7 Å². The van der Waals surface area contributed by atoms with Gasteiger partial charge >= 0.3 is 6.36 Å². The molecule has 1 saturated heterocycles. The maximum absolute atomic E-state index is 13.1. The van der Waals surface area contributed by atoms with Gasteiger partial charge < -0.3 is 19.5 Å². The summed E-state index contributed by atoms with van der Waals surface area (Å²) in [6, 6.07) is 7.26. The lowest BCUT2D eigenvalue weighted by atomic mass is 9.91. The Morgan fingerprint density at radius 2 is 1.90 bits per heavy atom. The minimum absolute atomic E-state index is 0.122. The molecule has 1 fully saturated rings. The zero-order valence-corrected chi connectivity index (χ0v) is 17.3. The van der Waals surface area contributed by atoms with Crippen LogP contribution in [-0.4, -0.2) is 47.6 Å². The summed E-state index contributed by atoms with van der Waals surface area (Å²) < 4.78 is 46.5. The molecule has 31 heavy (non-hydrogen) atoms. The molecule has 0 saturated carbocycles. The number of halogens is 3. The molecule has 4 rings (SSSR count). The molecule has 2 aromatic rings. The van der Waals surface area contributed by atoms with E-state index in [0.717, 1.165) is 27.8 Å². The average molecular weight is 435 g/mol. The molecule has 0 unspecified atom stereocenters. The van der Waals surface area contributed by atoms with Gasteiger partial charge in [0, 0.05) is 18.7 Å². The number of amides is 1. The van der Waals surface area contributed by atoms with E-state index in [0.29, 0.717) is 38.2 Å². The van der Waals surface area contributed by atoms with Gasteiger partial charge in [-0.05, 0) is 72.7 Å². The minimum atomic E-state index is -4.72. The Balaban J connectivity index is 1.57. The molecule has 2 aliphatic rings. The first-order valence-corrected chi connectivity index (χ1v) is 10.2. The van der Waals surface area contributed by atoms with Crippen molar-refractivity contribution in [1.29, 1.82) is 0 Å². The summed E-state index contributed by atoms with van der Waals surface area (Å²) in [4.78, 5) is 14.8. The lowest BCUT2D eigenvalue weighted by Crippen LogP contribution is -2.49. The van der Waals surface area contributed by atoms with Crippen molar-refractivity contribution in [3.8, 4) is 5.75 Å². The molecule has 2 atom stereocenters. The third-order valence-corrected chi connectivity index (χ3v) is 6.20. The summed E-state index contributed by atoms with van der Waals surface area (Å²) in [6.45, 7) is 5.20. The lowest BCUT2D eigenvalue weighted by molar-refractivity contribution is -0.274. The van der Waals surface area contributed by atoms with Crippen molar-refractivity contribution in [2.75, 3.05) is 13.2 Å². The fourth-order valence-corrected chi connectivity index (χ4v) is 4.32. The first kappa shape index (κ1) is 21.6. The predicted octanol–water partition coefficient (Wildman–Crippen LogP) is 3.90. The van der Waals surface area contributed by atoms with Crippen LogP contribution in [0.3, 0.4) is 0 Å². The van der Waals surface area contributed by atoms with E-state index < -0.39 is 12.5 Å². The SMILES string of the molecule is Cc1c(Cc2ccc(OC(F)(F)F)cc2)cc2c(c1C)CN([C@H]1COCC[C@@H]1O)C2=O. The van der Waals surface area contributed by atoms with Gasteiger partial charge in [-0.15, -0.1) is 13.2 Å². The van der Waals surface area contributed by atoms with Crippen LogP contribution in [0.5, 0.6) is 5.75 Å². The monoisotopic (exact) mass is 435 g/mol. The van der Waals surface area contributed by atoms with E-state index in [9.17, 15) is 23.1 Å². The Morgan fingerprint density at radius 1 is 1.19 bits per heavy atom. The summed E-state index contributed by atoms with van der Waals surface area (Å²) in [5.74, 6) is -0.389. The first-order valence-electron chi connectivity index (χ1n) is 10.2. The number of alkyl halides is 3. The normalized spacial score (nSPS) is 21.4. The Hall–Kier alpha value is -2.58. The van der Waals surface area contributed by atoms with Crippen LogP contribution >= 0.6 is 0 Å². The minimum Gasteiger partial charge on any atom is -0.406 e. The number of rotatable bonds is 4. The summed E-state index contributed by atoms with van der Waals surface area (Å²) in [7, 11) is 0. The molecule has 8 heteroatoms. The van der Waals surface area contributed by atoms with Gasteiger partial charge in [-0.25, -0.2) is 0 Å². The van der Waals surface area contributed by atoms with Crippen LogP contribution < -0.4 is 4.74 Å². The second kappa shape index (κ2) is 8.16. The molecule has 0 bridgehead atoms. The Bertz CT molecular complexity index is 988. The number of aliphatic hydroxyl groups excluding tert-OH is 1. The zero-order chi connectivity index (χ0) is 22.3. The number of benzene rings is 2. The van der Waals surface area contributed by atoms with E-state index in [1.807, 2.05) is 19.9 Å². The highest BCUT2D eigenvalue weighted by atomic mass is 19.4. The molecule has 0 aromatic heterocycles. The number of hydrogen-bond donors (Lipinski definition) is 1. The van der Waals surface area contributed by atoms with Crippen LogP contribution in [0.1, 0.15) is 44.6 Å². The maximum Gasteiger partial charge on any atom is 0.573 e. The van der Waals surface area contributed by atoms with Crippen molar-refractivity contribution in [2.24, 2.45) is 0 Å². The van der Waals surface area contributed by atoms with Crippen molar-refractivity contribution >= 4 is 5.91 Å². The fourth-order valence-electron chi connectivity index (χ4n) is 4.32. The molecule has 0 radical (unpaired) electrons. The van der Waals surface area contributed by atoms with Gasteiger partial charge in [-0.3, -0.25) is 4.79 Å². The number of fused-ring (bicyclic) bond motifs is 1. The molecule has 2 aliphatic heterocycles. The molecule has 5 nitrogen and oxygen atoms in total. The molecule has 2 aromatic carbocycles. The summed E-state index contributed by atoms with van der Waals surface area (Å²) >= 11 is 0. The number of hydrogen-bond acceptors (Lipinski definition) is 4. The molecule has 1 N–H and O–H groups in total. The van der Waals surface area contributed by atoms with Crippen molar-refractivity contribution < 1.29 is 32.5 Å². The van der Waals surface area contributed by atoms with Crippen LogP contribution in [0, 0.1) is 13.8 Å². The van der Waals surface area contributed by atoms with Gasteiger partial charge in [-0.1, -0.05) is 12.1 Å². The summed E-state index contributed by atoms with van der Waals surface area (Å²) in [6.07, 6.45) is -4.35. The number of carbonyl (C=O) groups excluding carboxylic acids is 1. The highest BCUT2D eigenvalue weighted by Crippen LogP contribution is 2.34. The Labute approximate surface area is 178 Å². The second-order valence-electron chi connectivity index (χ2n) is 8.11. The van der Waals surface area contributed by atoms with Crippen molar-refractivity contribution in [3.05, 3.63) is 63.7 Å². The topological polar surface area (TPSA) is 59.0 Å². The molecule has 1 amide bonds. The zero-order valence-electron chi connectivity index (χ0n) is 17.3. The number of aliphatic hydroxyl groups is 1. The van der Waals surface area contributed by atoms with E-state index >= 15 is 0 Å². The molecule has 0 aliphatic carbocycles. The largest absolute Gasteiger partial charge is 0.573 e. The van der Waals surface area contributed by atoms with E-state index in [1.165, 1.54) is 12.1 Å². The third kappa shape index (κ3) is 4.41. The van der Waals surface area contributed by atoms with Gasteiger partial charge in [0.25, 0.3) is 5.91 Å². The van der Waals surface area contributed by atoms with Crippen LogP contribution in [-0.2, 0) is 17.7 Å². The fraction of sp³-hybridized carbons (Fsp3) is 0.435. The number of carbonyl (C=O) groups is 1. The Kier molecular flexibility index (Phi) is 5.70. The standard InChI is InChI=1S/C23H24F3NO4/c1-13-14(2)19-11-27(20-12-30-8-7-21(20)28)22(29)18(19)10-16(13)9-15-3-5-17(6-4-15)31-23(24,25)26/h3-6,10,20-21,28H,7-9,11-12H2,1-2H3/t20-,21-/m0/s1. The van der Waals surface area contributed by atoms with Crippen LogP contribution in [0.2, 0.25) is 0 Å². The highest BCUT2D eigenvalue weighted by molar-refractivity contribution is 5.99. The maximum atomic E-state index is 13.1. The smallest absolute Gasteiger partial charge is 0.406 e. The third-order valence-electron chi connectivity index (χ3n) is 6.20. The molecular weight excluding hydrogens is 411 g/mol. The van der Waals surface area contributed by atoms with Gasteiger partial charge in [0.1, 0.15) is 5.75 Å². The number of nitrogens with zero attached hydrogens (tertiary/aromatic N) is 1. The highest BCUT2D eigenvalue weighted by Gasteiger charge is 2.39. The molecule has 2 heterocycles. The number of ether oxygens (including phenoxy) is 2. The quantitative estimate of drug-likeness (QED) is 0.792. The molecule has 0 spiro atoms. The lowest BCUT2D eigenvalue weighted by Gasteiger charge is -2.34. The van der Waals surface area contributed by atoms with Gasteiger partial charge in [0.05, 0.1) is 18.8 Å². The predicted molar refractivity (Wildman–Crippen MR) is 107 cm³/mol. The van der Waals surface area contributed by atoms with Crippen molar-refractivity contribution in [3.63, 3.8) is 0 Å². The van der Waals surface area contributed by atoms with Crippen LogP contribution in [0.25, 0.3) is 0 Å². The molecule has 166 valence electrons. The Morgan fingerprint density at radius 3 is 2.55 bits per heavy atom. The van der Waals surface area contributed by atoms with E-state index in [1.54, 1.807) is 17.0 Å². The summed E-state index contributed by atoms with van der Waals surface area (Å²) in [5, 5.41) is 10.3. The first-order chi connectivity index (χ1) is 14.6. The van der Waals surface area contributed by atoms with Crippen LogP contribution in [0.4, 0.5) is 13.2 Å². The van der Waals surface area contributed by atoms with E-state index in [2.05, 4.69) is 4.74 Å². The molecular formula is C23H24F3NO4. The second-order valence-corrected chi connectivity index (χ2v) is 8.11. The van der Waals surface area contributed by atoms with Crippen molar-refractivity contribution in [1.82, 2.24) is 4.90 Å². The summed E-state index contributed by atoms with van der Waals surface area (Å²) in [5.41, 5.74) is 5.40. The van der Waals surface area contributed by atoms with Gasteiger partial charge in [-0.2, -0.15) is 0 Å². The van der Waals surface area contributed by atoms with E-state index in [-0.39, 0.29) is 17.7 Å². The average Bonchev–Trinajstić information content (AvgIpc) is 3.03.